The van der Waals surface area contributed by atoms with E-state index in [1.165, 1.54) is 0 Å². The minimum Gasteiger partial charge on any atom is -0.481 e. The maximum absolute atomic E-state index is 13.2. The first-order valence-corrected chi connectivity index (χ1v) is 5.62. The van der Waals surface area contributed by atoms with E-state index in [2.05, 4.69) is 0 Å². The van der Waals surface area contributed by atoms with Gasteiger partial charge in [-0.3, -0.25) is 4.79 Å². The second kappa shape index (κ2) is 3.42. The lowest BCUT2D eigenvalue weighted by Gasteiger charge is -2.22. The fourth-order valence-electron chi connectivity index (χ4n) is 2.93. The van der Waals surface area contributed by atoms with Crippen LogP contribution in [0.15, 0.2) is 0 Å². The maximum Gasteiger partial charge on any atom is 0.316 e. The summed E-state index contributed by atoms with van der Waals surface area (Å²) in [5, 5.41) is 9.00. The summed E-state index contributed by atoms with van der Waals surface area (Å²) in [6, 6.07) is 0. The summed E-state index contributed by atoms with van der Waals surface area (Å²) in [6.07, 6.45) is 4.77. The molecule has 2 rings (SSSR count). The molecule has 0 aromatic heterocycles. The molecule has 0 bridgehead atoms. The van der Waals surface area contributed by atoms with Crippen molar-refractivity contribution in [2.45, 2.75) is 50.9 Å². The Morgan fingerprint density at radius 2 is 1.60 bits per heavy atom. The molecule has 0 saturated heterocycles. The predicted octanol–water partition coefficient (Wildman–Crippen LogP) is 3.07. The van der Waals surface area contributed by atoms with Crippen LogP contribution in [0.3, 0.4) is 0 Å². The molecule has 0 aromatic rings. The Labute approximate surface area is 87.7 Å². The molecule has 1 N–H and O–H groups in total. The van der Waals surface area contributed by atoms with Crippen molar-refractivity contribution >= 4 is 5.97 Å². The largest absolute Gasteiger partial charge is 0.481 e. The van der Waals surface area contributed by atoms with Crippen LogP contribution in [0.2, 0.25) is 0 Å². The molecule has 0 aromatic carbocycles. The molecule has 0 amide bonds. The summed E-state index contributed by atoms with van der Waals surface area (Å²) < 4.78 is 26.5. The molecule has 0 spiro atoms. The van der Waals surface area contributed by atoms with Gasteiger partial charge in [-0.2, -0.15) is 0 Å². The number of alkyl halides is 2. The predicted molar refractivity (Wildman–Crippen MR) is 50.8 cm³/mol. The molecule has 1 unspecified atom stereocenters. The van der Waals surface area contributed by atoms with Gasteiger partial charge in [0.25, 0.3) is 5.92 Å². The number of aliphatic carboxylic acids is 1. The monoisotopic (exact) mass is 218 g/mol. The van der Waals surface area contributed by atoms with Crippen molar-refractivity contribution in [1.29, 1.82) is 0 Å². The highest BCUT2D eigenvalue weighted by atomic mass is 19.3. The van der Waals surface area contributed by atoms with Crippen LogP contribution in [0.25, 0.3) is 0 Å². The molecule has 0 aliphatic heterocycles. The van der Waals surface area contributed by atoms with Gasteiger partial charge in [0.1, 0.15) is 5.41 Å². The van der Waals surface area contributed by atoms with E-state index >= 15 is 0 Å². The van der Waals surface area contributed by atoms with Crippen molar-refractivity contribution in [3.05, 3.63) is 0 Å². The Bertz CT molecular complexity index is 270. The van der Waals surface area contributed by atoms with Gasteiger partial charge in [-0.1, -0.05) is 25.7 Å². The smallest absolute Gasteiger partial charge is 0.316 e. The Morgan fingerprint density at radius 1 is 1.13 bits per heavy atom. The van der Waals surface area contributed by atoms with E-state index in [1.54, 1.807) is 0 Å². The van der Waals surface area contributed by atoms with Gasteiger partial charge >= 0.3 is 5.97 Å². The molecule has 2 fully saturated rings. The molecule has 2 aliphatic rings. The molecular weight excluding hydrogens is 202 g/mol. The summed E-state index contributed by atoms with van der Waals surface area (Å²) in [5.41, 5.74) is -1.71. The highest BCUT2D eigenvalue weighted by molar-refractivity contribution is 5.80. The zero-order chi connectivity index (χ0) is 11.1. The van der Waals surface area contributed by atoms with Crippen LogP contribution >= 0.6 is 0 Å². The van der Waals surface area contributed by atoms with E-state index in [0.717, 1.165) is 25.7 Å². The zero-order valence-corrected chi connectivity index (χ0v) is 8.64. The summed E-state index contributed by atoms with van der Waals surface area (Å²) in [7, 11) is 0. The van der Waals surface area contributed by atoms with Gasteiger partial charge in [-0.15, -0.1) is 0 Å². The van der Waals surface area contributed by atoms with Crippen LogP contribution in [0.1, 0.15) is 44.9 Å². The van der Waals surface area contributed by atoms with Gasteiger partial charge in [0.05, 0.1) is 0 Å². The van der Waals surface area contributed by atoms with Crippen LogP contribution < -0.4 is 0 Å². The first-order valence-electron chi connectivity index (χ1n) is 5.62. The van der Waals surface area contributed by atoms with Crippen molar-refractivity contribution in [3.8, 4) is 0 Å². The van der Waals surface area contributed by atoms with Gasteiger partial charge in [-0.05, 0) is 18.8 Å². The molecule has 4 heteroatoms. The lowest BCUT2D eigenvalue weighted by molar-refractivity contribution is -0.151. The topological polar surface area (TPSA) is 37.3 Å². The van der Waals surface area contributed by atoms with E-state index in [1.807, 2.05) is 0 Å². The molecule has 2 aliphatic carbocycles. The fourth-order valence-corrected chi connectivity index (χ4v) is 2.93. The highest BCUT2D eigenvalue weighted by Gasteiger charge is 2.78. The summed E-state index contributed by atoms with van der Waals surface area (Å²) >= 11 is 0. The van der Waals surface area contributed by atoms with Crippen molar-refractivity contribution in [3.63, 3.8) is 0 Å². The Balaban J connectivity index is 2.16. The third-order valence-corrected chi connectivity index (χ3v) is 3.96. The molecule has 0 radical (unpaired) electrons. The van der Waals surface area contributed by atoms with Crippen LogP contribution in [0.4, 0.5) is 8.78 Å². The Morgan fingerprint density at radius 3 is 1.93 bits per heavy atom. The average Bonchev–Trinajstić information content (AvgIpc) is 2.80. The summed E-state index contributed by atoms with van der Waals surface area (Å²) in [6.45, 7) is 0. The number of carbonyl (C=O) groups is 1. The van der Waals surface area contributed by atoms with Crippen LogP contribution in [0, 0.1) is 11.3 Å². The normalized spacial score (nSPS) is 35.9. The Hall–Kier alpha value is -0.670. The van der Waals surface area contributed by atoms with Gasteiger partial charge in [0.2, 0.25) is 0 Å². The lowest BCUT2D eigenvalue weighted by atomic mass is 9.82. The van der Waals surface area contributed by atoms with Gasteiger partial charge in [0, 0.05) is 6.42 Å². The fraction of sp³-hybridized carbons (Fsp3) is 0.909. The van der Waals surface area contributed by atoms with Crippen LogP contribution in [0.5, 0.6) is 0 Å². The average molecular weight is 218 g/mol. The number of hydrogen-bond acceptors (Lipinski definition) is 1. The maximum atomic E-state index is 13.2. The van der Waals surface area contributed by atoms with E-state index in [4.69, 9.17) is 5.11 Å². The van der Waals surface area contributed by atoms with Crippen LogP contribution in [-0.2, 0) is 4.79 Å². The summed E-state index contributed by atoms with van der Waals surface area (Å²) in [5.74, 6) is -4.57. The zero-order valence-electron chi connectivity index (χ0n) is 8.64. The van der Waals surface area contributed by atoms with E-state index in [9.17, 15) is 13.6 Å². The molecule has 15 heavy (non-hydrogen) atoms. The molecule has 2 saturated carbocycles. The van der Waals surface area contributed by atoms with E-state index in [-0.39, 0.29) is 5.92 Å². The van der Waals surface area contributed by atoms with Crippen molar-refractivity contribution in [1.82, 2.24) is 0 Å². The third-order valence-electron chi connectivity index (χ3n) is 3.96. The molecule has 86 valence electrons. The highest BCUT2D eigenvalue weighted by Crippen LogP contribution is 2.67. The van der Waals surface area contributed by atoms with E-state index in [0.29, 0.717) is 12.8 Å². The minimum atomic E-state index is -2.96. The number of halogens is 2. The van der Waals surface area contributed by atoms with Gasteiger partial charge in [0.15, 0.2) is 0 Å². The van der Waals surface area contributed by atoms with Crippen molar-refractivity contribution in [2.75, 3.05) is 0 Å². The lowest BCUT2D eigenvalue weighted by Crippen LogP contribution is -2.31. The van der Waals surface area contributed by atoms with Gasteiger partial charge < -0.3 is 5.11 Å². The first-order chi connectivity index (χ1) is 7.01. The first kappa shape index (κ1) is 10.8. The van der Waals surface area contributed by atoms with Crippen LogP contribution in [-0.4, -0.2) is 17.0 Å². The number of carboxylic acids is 1. The van der Waals surface area contributed by atoms with Crippen molar-refractivity contribution in [2.24, 2.45) is 11.3 Å². The SMILES string of the molecule is O=C(O)C1(C2CCCCCC2)CC1(F)F. The number of rotatable bonds is 2. The molecule has 0 heterocycles. The second-order valence-corrected chi connectivity index (χ2v) is 4.85. The van der Waals surface area contributed by atoms with Crippen molar-refractivity contribution < 1.29 is 18.7 Å². The van der Waals surface area contributed by atoms with E-state index < -0.39 is 23.7 Å². The molecular formula is C11H16F2O2. The molecule has 1 atom stereocenters. The third kappa shape index (κ3) is 1.54. The summed E-state index contributed by atoms with van der Waals surface area (Å²) in [4.78, 5) is 11.0. The molecule has 2 nitrogen and oxygen atoms in total. The second-order valence-electron chi connectivity index (χ2n) is 4.85. The number of carboxylic acid groups (broad SMARTS) is 1. The Kier molecular flexibility index (Phi) is 2.47. The number of hydrogen-bond donors (Lipinski definition) is 1. The van der Waals surface area contributed by atoms with Gasteiger partial charge in [-0.25, -0.2) is 8.78 Å². The quantitative estimate of drug-likeness (QED) is 0.723. The standard InChI is InChI=1S/C11H16F2O2/c12-11(13)7-10(11,9(14)15)8-5-3-1-2-4-6-8/h8H,1-7H2,(H,14,15). The minimum absolute atomic E-state index is 0.313.